The summed E-state index contributed by atoms with van der Waals surface area (Å²) in [5, 5.41) is 9.92. The van der Waals surface area contributed by atoms with Gasteiger partial charge in [-0.3, -0.25) is 14.5 Å². The van der Waals surface area contributed by atoms with E-state index in [0.29, 0.717) is 28.6 Å². The molecule has 8 heteroatoms. The molecule has 0 aliphatic carbocycles. The minimum Gasteiger partial charge on any atom is -0.457 e. The summed E-state index contributed by atoms with van der Waals surface area (Å²) in [5.74, 6) is 1.30. The van der Waals surface area contributed by atoms with Crippen LogP contribution < -0.4 is 10.1 Å². The summed E-state index contributed by atoms with van der Waals surface area (Å²) in [6.45, 7) is 2.43. The van der Waals surface area contributed by atoms with Gasteiger partial charge in [-0.05, 0) is 61.1 Å². The van der Waals surface area contributed by atoms with Crippen LogP contribution in [0.4, 0.5) is 4.39 Å². The normalized spacial score (nSPS) is 10.7. The van der Waals surface area contributed by atoms with Crippen molar-refractivity contribution >= 4 is 18.1 Å². The lowest BCUT2D eigenvalue weighted by molar-refractivity contribution is -0.121. The number of rotatable bonds is 7. The lowest BCUT2D eigenvalue weighted by atomic mass is 10.1. The van der Waals surface area contributed by atoms with Crippen molar-refractivity contribution < 1.29 is 13.9 Å². The molecule has 0 bridgehead atoms. The summed E-state index contributed by atoms with van der Waals surface area (Å²) in [6, 6.07) is 21.0. The first-order valence-corrected chi connectivity index (χ1v) is 10.4. The molecule has 0 atom stereocenters. The highest BCUT2D eigenvalue weighted by atomic mass is 32.1. The molecule has 162 valence electrons. The molecule has 0 saturated heterocycles. The molecule has 0 saturated carbocycles. The first kappa shape index (κ1) is 21.5. The maximum Gasteiger partial charge on any atom is 0.240 e. The molecule has 0 aliphatic rings. The highest BCUT2D eigenvalue weighted by Gasteiger charge is 2.12. The van der Waals surface area contributed by atoms with Crippen LogP contribution in [0.3, 0.4) is 0 Å². The molecular weight excluding hydrogens is 427 g/mol. The Hall–Kier alpha value is -3.78. The van der Waals surface area contributed by atoms with Gasteiger partial charge in [0.25, 0.3) is 0 Å². The Bertz CT molecular complexity index is 1260. The monoisotopic (exact) mass is 448 g/mol. The molecule has 0 aliphatic heterocycles. The summed E-state index contributed by atoms with van der Waals surface area (Å²) >= 11 is 5.30. The minimum absolute atomic E-state index is 0.0598. The van der Waals surface area contributed by atoms with Gasteiger partial charge in [-0.2, -0.15) is 5.10 Å². The van der Waals surface area contributed by atoms with Crippen molar-refractivity contribution in [2.75, 3.05) is 0 Å². The largest absolute Gasteiger partial charge is 0.457 e. The van der Waals surface area contributed by atoms with E-state index in [0.717, 1.165) is 16.7 Å². The molecule has 1 amide bonds. The third kappa shape index (κ3) is 5.28. The van der Waals surface area contributed by atoms with Crippen LogP contribution in [-0.2, 0) is 17.9 Å². The maximum absolute atomic E-state index is 13.0. The number of nitrogens with one attached hydrogen (secondary N) is 2. The van der Waals surface area contributed by atoms with Crippen LogP contribution in [0.1, 0.15) is 11.1 Å². The van der Waals surface area contributed by atoms with Crippen LogP contribution >= 0.6 is 12.2 Å². The van der Waals surface area contributed by atoms with Crippen LogP contribution in [0.25, 0.3) is 11.4 Å². The molecule has 4 rings (SSSR count). The average molecular weight is 449 g/mol. The number of nitrogens with zero attached hydrogens (tertiary/aromatic N) is 2. The van der Waals surface area contributed by atoms with Crippen molar-refractivity contribution in [1.82, 2.24) is 20.1 Å². The van der Waals surface area contributed by atoms with E-state index in [1.807, 2.05) is 43.3 Å². The fourth-order valence-electron chi connectivity index (χ4n) is 3.10. The van der Waals surface area contributed by atoms with Crippen LogP contribution in [-0.4, -0.2) is 20.7 Å². The molecule has 1 heterocycles. The van der Waals surface area contributed by atoms with E-state index in [1.54, 1.807) is 28.8 Å². The van der Waals surface area contributed by atoms with Crippen LogP contribution in [0.15, 0.2) is 72.8 Å². The lowest BCUT2D eigenvalue weighted by Gasteiger charge is -2.10. The molecular formula is C24H21FN4O2S. The van der Waals surface area contributed by atoms with Crippen LogP contribution in [0.2, 0.25) is 0 Å². The second kappa shape index (κ2) is 9.57. The van der Waals surface area contributed by atoms with Crippen molar-refractivity contribution in [1.29, 1.82) is 0 Å². The van der Waals surface area contributed by atoms with E-state index in [-0.39, 0.29) is 18.3 Å². The van der Waals surface area contributed by atoms with Crippen LogP contribution in [0.5, 0.6) is 11.5 Å². The minimum atomic E-state index is -0.314. The molecule has 0 radical (unpaired) electrons. The smallest absolute Gasteiger partial charge is 0.240 e. The van der Waals surface area contributed by atoms with Crippen LogP contribution in [0, 0.1) is 17.5 Å². The van der Waals surface area contributed by atoms with E-state index in [2.05, 4.69) is 15.5 Å². The number of aromatic amines is 1. The van der Waals surface area contributed by atoms with E-state index in [9.17, 15) is 9.18 Å². The number of carbonyl (C=O) groups is 1. The number of hydrogen-bond acceptors (Lipinski definition) is 4. The summed E-state index contributed by atoms with van der Waals surface area (Å²) in [7, 11) is 0. The fraction of sp³-hybridized carbons (Fsp3) is 0.125. The van der Waals surface area contributed by atoms with Crippen molar-refractivity contribution in [3.63, 3.8) is 0 Å². The van der Waals surface area contributed by atoms with Crippen molar-refractivity contribution in [2.24, 2.45) is 0 Å². The molecule has 2 N–H and O–H groups in total. The van der Waals surface area contributed by atoms with Gasteiger partial charge in [0.1, 0.15) is 23.9 Å². The predicted octanol–water partition coefficient (Wildman–Crippen LogP) is 5.16. The summed E-state index contributed by atoms with van der Waals surface area (Å²) in [6.07, 6.45) is 0. The van der Waals surface area contributed by atoms with Crippen molar-refractivity contribution in [3.05, 3.63) is 94.5 Å². The van der Waals surface area contributed by atoms with Gasteiger partial charge < -0.3 is 10.1 Å². The SMILES string of the molecule is Cc1ccc(-c2n[nH]c(=S)n2CC(=O)NCc2ccc(Oc3ccc(F)cc3)cc2)cc1. The van der Waals surface area contributed by atoms with E-state index in [4.69, 9.17) is 17.0 Å². The summed E-state index contributed by atoms with van der Waals surface area (Å²) < 4.78 is 20.7. The van der Waals surface area contributed by atoms with Crippen molar-refractivity contribution in [3.8, 4) is 22.9 Å². The Labute approximate surface area is 189 Å². The van der Waals surface area contributed by atoms with Gasteiger partial charge in [-0.15, -0.1) is 0 Å². The van der Waals surface area contributed by atoms with Gasteiger partial charge in [0.2, 0.25) is 5.91 Å². The third-order valence-electron chi connectivity index (χ3n) is 4.83. The molecule has 1 aromatic heterocycles. The first-order valence-electron chi connectivity index (χ1n) is 9.99. The Kier molecular flexibility index (Phi) is 6.42. The number of benzene rings is 3. The van der Waals surface area contributed by atoms with Gasteiger partial charge in [0, 0.05) is 12.1 Å². The third-order valence-corrected chi connectivity index (χ3v) is 5.14. The quantitative estimate of drug-likeness (QED) is 0.383. The topological polar surface area (TPSA) is 71.9 Å². The second-order valence-electron chi connectivity index (χ2n) is 7.28. The van der Waals surface area contributed by atoms with Crippen molar-refractivity contribution in [2.45, 2.75) is 20.0 Å². The number of aromatic nitrogens is 3. The van der Waals surface area contributed by atoms with E-state index < -0.39 is 0 Å². The number of hydrogen-bond donors (Lipinski definition) is 2. The standard InChI is InChI=1S/C24H21FN4O2S/c1-16-2-6-18(7-3-16)23-27-28-24(32)29(23)15-22(30)26-14-17-4-10-20(11-5-17)31-21-12-8-19(25)9-13-21/h2-13H,14-15H2,1H3,(H,26,30)(H,28,32). The summed E-state index contributed by atoms with van der Waals surface area (Å²) in [5.41, 5.74) is 2.94. The van der Waals surface area contributed by atoms with Gasteiger partial charge in [0.15, 0.2) is 10.6 Å². The number of amides is 1. The van der Waals surface area contributed by atoms with Gasteiger partial charge in [0.05, 0.1) is 0 Å². The average Bonchev–Trinajstić information content (AvgIpc) is 3.15. The highest BCUT2D eigenvalue weighted by molar-refractivity contribution is 7.71. The number of halogens is 1. The molecule has 0 spiro atoms. The number of H-pyrrole nitrogens is 1. The fourth-order valence-corrected chi connectivity index (χ4v) is 3.30. The predicted molar refractivity (Wildman–Crippen MR) is 122 cm³/mol. The maximum atomic E-state index is 13.0. The van der Waals surface area contributed by atoms with Gasteiger partial charge in [-0.1, -0.05) is 42.0 Å². The van der Waals surface area contributed by atoms with E-state index in [1.165, 1.54) is 12.1 Å². The van der Waals surface area contributed by atoms with Gasteiger partial charge >= 0.3 is 0 Å². The molecule has 4 aromatic rings. The zero-order valence-corrected chi connectivity index (χ0v) is 18.2. The first-order chi connectivity index (χ1) is 15.5. The zero-order chi connectivity index (χ0) is 22.5. The highest BCUT2D eigenvalue weighted by Crippen LogP contribution is 2.22. The Balaban J connectivity index is 1.35. The Morgan fingerprint density at radius 3 is 2.31 bits per heavy atom. The molecule has 6 nitrogen and oxygen atoms in total. The number of ether oxygens (including phenoxy) is 1. The zero-order valence-electron chi connectivity index (χ0n) is 17.3. The lowest BCUT2D eigenvalue weighted by Crippen LogP contribution is -2.27. The number of carbonyl (C=O) groups excluding carboxylic acids is 1. The molecule has 3 aromatic carbocycles. The Morgan fingerprint density at radius 2 is 1.66 bits per heavy atom. The number of aryl methyl sites for hydroxylation is 1. The Morgan fingerprint density at radius 1 is 1.03 bits per heavy atom. The summed E-state index contributed by atoms with van der Waals surface area (Å²) in [4.78, 5) is 12.5. The van der Waals surface area contributed by atoms with E-state index >= 15 is 0 Å². The molecule has 0 unspecified atom stereocenters. The molecule has 32 heavy (non-hydrogen) atoms. The molecule has 0 fully saturated rings. The van der Waals surface area contributed by atoms with Gasteiger partial charge in [-0.25, -0.2) is 4.39 Å². The second-order valence-corrected chi connectivity index (χ2v) is 7.67.